The number of carbonyl (C=O) groups excluding carboxylic acids is 1. The Kier molecular flexibility index (Phi) is 4.50. The molecule has 10 heteroatoms. The molecule has 0 saturated carbocycles. The molecule has 0 aliphatic rings. The number of carbonyl (C=O) groups is 1. The SMILES string of the molecule is Cc1c(-c2ccnc3cc(C(=O)N(C)Cc4c(Br)cnn4C)nn23)cnn1C. The summed E-state index contributed by atoms with van der Waals surface area (Å²) in [5.41, 5.74) is 4.65. The lowest BCUT2D eigenvalue weighted by Gasteiger charge is -2.16. The lowest BCUT2D eigenvalue weighted by Crippen LogP contribution is -2.27. The van der Waals surface area contributed by atoms with E-state index >= 15 is 0 Å². The first-order valence-electron chi connectivity index (χ1n) is 8.62. The van der Waals surface area contributed by atoms with Crippen LogP contribution in [-0.2, 0) is 20.6 Å². The van der Waals surface area contributed by atoms with Crippen LogP contribution in [0.1, 0.15) is 21.9 Å². The van der Waals surface area contributed by atoms with Crippen molar-refractivity contribution in [2.24, 2.45) is 14.1 Å². The summed E-state index contributed by atoms with van der Waals surface area (Å²) in [5, 5.41) is 13.0. The van der Waals surface area contributed by atoms with Crippen LogP contribution in [0.3, 0.4) is 0 Å². The van der Waals surface area contributed by atoms with Gasteiger partial charge in [-0.25, -0.2) is 9.50 Å². The third-order valence-electron chi connectivity index (χ3n) is 4.83. The number of fused-ring (bicyclic) bond motifs is 1. The molecule has 4 aromatic heterocycles. The van der Waals surface area contributed by atoms with Crippen molar-refractivity contribution in [3.05, 3.63) is 52.3 Å². The van der Waals surface area contributed by atoms with E-state index in [9.17, 15) is 4.79 Å². The fraction of sp³-hybridized carbons (Fsp3) is 0.278. The minimum Gasteiger partial charge on any atom is -0.334 e. The summed E-state index contributed by atoms with van der Waals surface area (Å²) in [6.07, 6.45) is 5.22. The summed E-state index contributed by atoms with van der Waals surface area (Å²) in [6, 6.07) is 3.57. The van der Waals surface area contributed by atoms with Crippen LogP contribution >= 0.6 is 15.9 Å². The molecule has 0 aliphatic heterocycles. The van der Waals surface area contributed by atoms with E-state index in [1.165, 1.54) is 0 Å². The van der Waals surface area contributed by atoms with E-state index in [-0.39, 0.29) is 5.91 Å². The van der Waals surface area contributed by atoms with Crippen molar-refractivity contribution in [2.45, 2.75) is 13.5 Å². The van der Waals surface area contributed by atoms with Crippen LogP contribution < -0.4 is 0 Å². The Morgan fingerprint density at radius 1 is 1.21 bits per heavy atom. The number of amides is 1. The molecule has 0 bridgehead atoms. The molecule has 0 saturated heterocycles. The van der Waals surface area contributed by atoms with E-state index < -0.39 is 0 Å². The van der Waals surface area contributed by atoms with E-state index in [4.69, 9.17) is 0 Å². The fourth-order valence-corrected chi connectivity index (χ4v) is 3.53. The molecule has 0 fully saturated rings. The summed E-state index contributed by atoms with van der Waals surface area (Å²) >= 11 is 3.46. The third-order valence-corrected chi connectivity index (χ3v) is 5.49. The molecule has 1 amide bonds. The van der Waals surface area contributed by atoms with Gasteiger partial charge in [0, 0.05) is 44.7 Å². The van der Waals surface area contributed by atoms with Gasteiger partial charge in [-0.15, -0.1) is 0 Å². The summed E-state index contributed by atoms with van der Waals surface area (Å²) in [6.45, 7) is 2.40. The van der Waals surface area contributed by atoms with E-state index in [0.29, 0.717) is 17.9 Å². The van der Waals surface area contributed by atoms with Crippen LogP contribution in [0.25, 0.3) is 16.9 Å². The van der Waals surface area contributed by atoms with Gasteiger partial charge < -0.3 is 4.90 Å². The van der Waals surface area contributed by atoms with Gasteiger partial charge in [0.2, 0.25) is 0 Å². The smallest absolute Gasteiger partial charge is 0.274 e. The monoisotopic (exact) mass is 442 g/mol. The van der Waals surface area contributed by atoms with Crippen LogP contribution in [0.5, 0.6) is 0 Å². The average molecular weight is 443 g/mol. The van der Waals surface area contributed by atoms with Gasteiger partial charge in [-0.3, -0.25) is 14.2 Å². The van der Waals surface area contributed by atoms with E-state index in [1.54, 1.807) is 50.5 Å². The van der Waals surface area contributed by atoms with Gasteiger partial charge in [-0.2, -0.15) is 15.3 Å². The van der Waals surface area contributed by atoms with Gasteiger partial charge >= 0.3 is 0 Å². The molecule has 144 valence electrons. The summed E-state index contributed by atoms with van der Waals surface area (Å²) in [4.78, 5) is 18.9. The molecular formula is C18H19BrN8O. The molecule has 4 aromatic rings. The molecular weight excluding hydrogens is 424 g/mol. The Labute approximate surface area is 169 Å². The Balaban J connectivity index is 1.69. The highest BCUT2D eigenvalue weighted by molar-refractivity contribution is 9.10. The van der Waals surface area contributed by atoms with Gasteiger partial charge in [-0.05, 0) is 28.9 Å². The number of aromatic nitrogens is 7. The molecule has 0 aromatic carbocycles. The third kappa shape index (κ3) is 2.99. The molecule has 0 spiro atoms. The Morgan fingerprint density at radius 2 is 1.96 bits per heavy atom. The van der Waals surface area contributed by atoms with E-state index in [0.717, 1.165) is 27.1 Å². The molecule has 0 unspecified atom stereocenters. The van der Waals surface area contributed by atoms with Crippen LogP contribution in [0, 0.1) is 6.92 Å². The first kappa shape index (κ1) is 18.4. The van der Waals surface area contributed by atoms with Gasteiger partial charge in [-0.1, -0.05) is 0 Å². The number of nitrogens with zero attached hydrogens (tertiary/aromatic N) is 8. The average Bonchev–Trinajstić information content (AvgIpc) is 3.35. The predicted molar refractivity (Wildman–Crippen MR) is 107 cm³/mol. The standard InChI is InChI=1S/C18H19BrN8O/c1-11-12(8-21-25(11)3)15-5-6-20-17-7-14(23-27(15)17)18(28)24(2)10-16-13(19)9-22-26(16)4/h5-9H,10H2,1-4H3. The normalized spacial score (nSPS) is 11.3. The summed E-state index contributed by atoms with van der Waals surface area (Å²) < 4.78 is 6.09. The number of halogens is 1. The Bertz CT molecular complexity index is 1170. The summed E-state index contributed by atoms with van der Waals surface area (Å²) in [7, 11) is 5.47. The van der Waals surface area contributed by atoms with Gasteiger partial charge in [0.15, 0.2) is 11.3 Å². The second kappa shape index (κ2) is 6.86. The maximum atomic E-state index is 12.9. The van der Waals surface area contributed by atoms with E-state index in [1.807, 2.05) is 27.1 Å². The Morgan fingerprint density at radius 3 is 2.61 bits per heavy atom. The van der Waals surface area contributed by atoms with Crippen molar-refractivity contribution in [2.75, 3.05) is 7.05 Å². The van der Waals surface area contributed by atoms with Gasteiger partial charge in [0.05, 0.1) is 34.8 Å². The number of rotatable bonds is 4. The number of hydrogen-bond donors (Lipinski definition) is 0. The summed E-state index contributed by atoms with van der Waals surface area (Å²) in [5.74, 6) is -0.188. The second-order valence-corrected chi connectivity index (χ2v) is 7.48. The lowest BCUT2D eigenvalue weighted by atomic mass is 10.2. The molecule has 0 aliphatic carbocycles. The van der Waals surface area contributed by atoms with Crippen LogP contribution in [-0.4, -0.2) is 52.0 Å². The van der Waals surface area contributed by atoms with Crippen LogP contribution in [0.15, 0.2) is 35.2 Å². The Hall–Kier alpha value is -3.01. The molecule has 0 atom stereocenters. The topological polar surface area (TPSA) is 86.1 Å². The van der Waals surface area contributed by atoms with Crippen molar-refractivity contribution >= 4 is 27.5 Å². The van der Waals surface area contributed by atoms with Crippen LogP contribution in [0.2, 0.25) is 0 Å². The predicted octanol–water partition coefficient (Wildman–Crippen LogP) is 2.21. The first-order chi connectivity index (χ1) is 13.4. The minimum absolute atomic E-state index is 0.188. The minimum atomic E-state index is -0.188. The molecule has 0 N–H and O–H groups in total. The molecule has 0 radical (unpaired) electrons. The molecule has 4 heterocycles. The highest BCUT2D eigenvalue weighted by Crippen LogP contribution is 2.23. The quantitative estimate of drug-likeness (QED) is 0.483. The van der Waals surface area contributed by atoms with Gasteiger partial charge in [0.1, 0.15) is 0 Å². The van der Waals surface area contributed by atoms with Crippen molar-refractivity contribution in [1.29, 1.82) is 0 Å². The van der Waals surface area contributed by atoms with Crippen molar-refractivity contribution in [3.63, 3.8) is 0 Å². The van der Waals surface area contributed by atoms with Crippen molar-refractivity contribution in [3.8, 4) is 11.3 Å². The zero-order valence-corrected chi connectivity index (χ0v) is 17.5. The van der Waals surface area contributed by atoms with E-state index in [2.05, 4.69) is 36.2 Å². The highest BCUT2D eigenvalue weighted by Gasteiger charge is 2.20. The van der Waals surface area contributed by atoms with Crippen molar-refractivity contribution < 1.29 is 4.79 Å². The largest absolute Gasteiger partial charge is 0.334 e. The first-order valence-corrected chi connectivity index (χ1v) is 9.41. The number of hydrogen-bond acceptors (Lipinski definition) is 5. The molecule has 4 rings (SSSR count). The molecule has 9 nitrogen and oxygen atoms in total. The lowest BCUT2D eigenvalue weighted by molar-refractivity contribution is 0.0775. The maximum absolute atomic E-state index is 12.9. The van der Waals surface area contributed by atoms with Gasteiger partial charge in [0.25, 0.3) is 5.91 Å². The van der Waals surface area contributed by atoms with Crippen LogP contribution in [0.4, 0.5) is 0 Å². The number of aryl methyl sites for hydroxylation is 2. The zero-order chi connectivity index (χ0) is 20.0. The zero-order valence-electron chi connectivity index (χ0n) is 16.0. The highest BCUT2D eigenvalue weighted by atomic mass is 79.9. The fourth-order valence-electron chi connectivity index (χ4n) is 3.06. The van der Waals surface area contributed by atoms with Crippen molar-refractivity contribution in [1.82, 2.24) is 39.1 Å². The second-order valence-electron chi connectivity index (χ2n) is 6.62. The maximum Gasteiger partial charge on any atom is 0.274 e. The molecule has 28 heavy (non-hydrogen) atoms.